The Balaban J connectivity index is 2.01. The van der Waals surface area contributed by atoms with Gasteiger partial charge in [-0.2, -0.15) is 11.3 Å². The molecule has 0 saturated carbocycles. The molecule has 2 N–H and O–H groups in total. The molecule has 1 saturated heterocycles. The zero-order valence-corrected chi connectivity index (χ0v) is 12.0. The number of likely N-dealkylation sites (tertiary alicyclic amines) is 1. The van der Waals surface area contributed by atoms with E-state index in [0.29, 0.717) is 12.3 Å². The van der Waals surface area contributed by atoms with E-state index in [1.165, 1.54) is 5.56 Å². The van der Waals surface area contributed by atoms with Gasteiger partial charge in [-0.25, -0.2) is 0 Å². The monoisotopic (exact) mass is 266 g/mol. The van der Waals surface area contributed by atoms with Crippen molar-refractivity contribution in [1.82, 2.24) is 4.90 Å². The first-order valence-electron chi connectivity index (χ1n) is 6.66. The standard InChI is InChI=1S/C14H22N2OS/c1-10(2)12(15)8-14(17)16-6-3-4-13(16)11-5-7-18-9-11/h5,7,9-10,12-13H,3-4,6,8,15H2,1-2H3. The first-order valence-corrected chi connectivity index (χ1v) is 7.61. The van der Waals surface area contributed by atoms with Crippen molar-refractivity contribution in [1.29, 1.82) is 0 Å². The molecular weight excluding hydrogens is 244 g/mol. The average molecular weight is 266 g/mol. The molecule has 0 radical (unpaired) electrons. The number of hydrogen-bond donors (Lipinski definition) is 1. The molecule has 2 rings (SSSR count). The molecular formula is C14H22N2OS. The fourth-order valence-electron chi connectivity index (χ4n) is 2.43. The van der Waals surface area contributed by atoms with E-state index in [4.69, 9.17) is 5.73 Å². The summed E-state index contributed by atoms with van der Waals surface area (Å²) < 4.78 is 0. The van der Waals surface area contributed by atoms with Crippen molar-refractivity contribution in [3.8, 4) is 0 Å². The predicted molar refractivity (Wildman–Crippen MR) is 75.4 cm³/mol. The minimum atomic E-state index is -0.0266. The van der Waals surface area contributed by atoms with Crippen molar-refractivity contribution in [3.63, 3.8) is 0 Å². The predicted octanol–water partition coefficient (Wildman–Crippen LogP) is 2.79. The Morgan fingerprint density at radius 3 is 3.00 bits per heavy atom. The maximum atomic E-state index is 12.3. The second-order valence-corrected chi connectivity index (χ2v) is 6.19. The molecule has 0 bridgehead atoms. The molecule has 1 fully saturated rings. The molecule has 4 heteroatoms. The largest absolute Gasteiger partial charge is 0.336 e. The van der Waals surface area contributed by atoms with Crippen molar-refractivity contribution in [2.75, 3.05) is 6.54 Å². The number of carbonyl (C=O) groups is 1. The van der Waals surface area contributed by atoms with Gasteiger partial charge in [0.15, 0.2) is 0 Å². The molecule has 1 aliphatic heterocycles. The molecule has 100 valence electrons. The molecule has 0 aliphatic carbocycles. The third kappa shape index (κ3) is 2.93. The van der Waals surface area contributed by atoms with Gasteiger partial charge in [-0.05, 0) is 41.1 Å². The summed E-state index contributed by atoms with van der Waals surface area (Å²) in [6, 6.07) is 2.38. The van der Waals surface area contributed by atoms with Gasteiger partial charge in [0.1, 0.15) is 0 Å². The van der Waals surface area contributed by atoms with E-state index in [9.17, 15) is 4.79 Å². The van der Waals surface area contributed by atoms with E-state index in [2.05, 4.69) is 30.7 Å². The Morgan fingerprint density at radius 1 is 1.61 bits per heavy atom. The number of amides is 1. The van der Waals surface area contributed by atoms with Gasteiger partial charge in [0, 0.05) is 19.0 Å². The maximum absolute atomic E-state index is 12.3. The van der Waals surface area contributed by atoms with E-state index >= 15 is 0 Å². The summed E-state index contributed by atoms with van der Waals surface area (Å²) in [6.45, 7) is 5.01. The summed E-state index contributed by atoms with van der Waals surface area (Å²) in [7, 11) is 0. The van der Waals surface area contributed by atoms with Crippen LogP contribution in [-0.2, 0) is 4.79 Å². The SMILES string of the molecule is CC(C)C(N)CC(=O)N1CCCC1c1ccsc1. The lowest BCUT2D eigenvalue weighted by atomic mass is 10.0. The quantitative estimate of drug-likeness (QED) is 0.911. The van der Waals surface area contributed by atoms with Crippen molar-refractivity contribution >= 4 is 17.2 Å². The highest BCUT2D eigenvalue weighted by Crippen LogP contribution is 2.33. The van der Waals surface area contributed by atoms with Crippen LogP contribution >= 0.6 is 11.3 Å². The molecule has 1 aliphatic rings. The minimum absolute atomic E-state index is 0.0266. The molecule has 0 aromatic carbocycles. The topological polar surface area (TPSA) is 46.3 Å². The fraction of sp³-hybridized carbons (Fsp3) is 0.643. The summed E-state index contributed by atoms with van der Waals surface area (Å²) in [5.41, 5.74) is 7.29. The second kappa shape index (κ2) is 5.85. The fourth-order valence-corrected chi connectivity index (χ4v) is 3.14. The number of nitrogens with zero attached hydrogens (tertiary/aromatic N) is 1. The lowest BCUT2D eigenvalue weighted by Crippen LogP contribution is -2.37. The van der Waals surface area contributed by atoms with Gasteiger partial charge in [0.25, 0.3) is 0 Å². The van der Waals surface area contributed by atoms with Crippen molar-refractivity contribution in [2.24, 2.45) is 11.7 Å². The second-order valence-electron chi connectivity index (χ2n) is 5.41. The molecule has 2 atom stereocenters. The molecule has 2 heterocycles. The lowest BCUT2D eigenvalue weighted by Gasteiger charge is -2.26. The normalized spacial score (nSPS) is 21.6. The van der Waals surface area contributed by atoms with Gasteiger partial charge in [0.05, 0.1) is 6.04 Å². The van der Waals surface area contributed by atoms with E-state index in [0.717, 1.165) is 19.4 Å². The summed E-state index contributed by atoms with van der Waals surface area (Å²) in [4.78, 5) is 14.3. The highest BCUT2D eigenvalue weighted by molar-refractivity contribution is 7.07. The smallest absolute Gasteiger partial charge is 0.224 e. The molecule has 1 aromatic rings. The first-order chi connectivity index (χ1) is 8.59. The number of rotatable bonds is 4. The Labute approximate surface area is 113 Å². The van der Waals surface area contributed by atoms with Crippen LogP contribution in [-0.4, -0.2) is 23.4 Å². The van der Waals surface area contributed by atoms with Crippen LogP contribution < -0.4 is 5.73 Å². The van der Waals surface area contributed by atoms with Crippen molar-refractivity contribution < 1.29 is 4.79 Å². The Bertz CT molecular complexity index is 389. The molecule has 1 aromatic heterocycles. The zero-order valence-electron chi connectivity index (χ0n) is 11.1. The van der Waals surface area contributed by atoms with Crippen molar-refractivity contribution in [3.05, 3.63) is 22.4 Å². The van der Waals surface area contributed by atoms with E-state index in [-0.39, 0.29) is 18.0 Å². The number of hydrogen-bond acceptors (Lipinski definition) is 3. The Kier molecular flexibility index (Phi) is 4.40. The summed E-state index contributed by atoms with van der Waals surface area (Å²) >= 11 is 1.70. The molecule has 0 spiro atoms. The number of carbonyl (C=O) groups excluding carboxylic acids is 1. The van der Waals surface area contributed by atoms with Crippen LogP contribution in [0.2, 0.25) is 0 Å². The van der Waals surface area contributed by atoms with Crippen molar-refractivity contribution in [2.45, 2.75) is 45.2 Å². The third-order valence-electron chi connectivity index (χ3n) is 3.77. The van der Waals surface area contributed by atoms with E-state index < -0.39 is 0 Å². The summed E-state index contributed by atoms with van der Waals surface area (Å²) in [5.74, 6) is 0.570. The highest BCUT2D eigenvalue weighted by Gasteiger charge is 2.30. The molecule has 3 nitrogen and oxygen atoms in total. The number of thiophene rings is 1. The van der Waals surface area contributed by atoms with Gasteiger partial charge in [-0.1, -0.05) is 13.8 Å². The third-order valence-corrected chi connectivity index (χ3v) is 4.47. The Morgan fingerprint density at radius 2 is 2.39 bits per heavy atom. The van der Waals surface area contributed by atoms with Crippen LogP contribution in [0.1, 0.15) is 44.7 Å². The van der Waals surface area contributed by atoms with E-state index in [1.54, 1.807) is 11.3 Å². The minimum Gasteiger partial charge on any atom is -0.336 e. The Hall–Kier alpha value is -0.870. The van der Waals surface area contributed by atoms with Gasteiger partial charge < -0.3 is 10.6 Å². The highest BCUT2D eigenvalue weighted by atomic mass is 32.1. The van der Waals surface area contributed by atoms with Crippen LogP contribution in [0.15, 0.2) is 16.8 Å². The van der Waals surface area contributed by atoms with Crippen LogP contribution in [0.3, 0.4) is 0 Å². The molecule has 1 amide bonds. The summed E-state index contributed by atoms with van der Waals surface area (Å²) in [5, 5.41) is 4.23. The molecule has 2 unspecified atom stereocenters. The first kappa shape index (κ1) is 13.6. The van der Waals surface area contributed by atoms with Gasteiger partial charge in [0.2, 0.25) is 5.91 Å². The average Bonchev–Trinajstić information content (AvgIpc) is 2.99. The zero-order chi connectivity index (χ0) is 13.1. The van der Waals surface area contributed by atoms with E-state index in [1.807, 2.05) is 4.90 Å². The van der Waals surface area contributed by atoms with Crippen LogP contribution in [0.5, 0.6) is 0 Å². The maximum Gasteiger partial charge on any atom is 0.224 e. The van der Waals surface area contributed by atoms with Crippen LogP contribution in [0.25, 0.3) is 0 Å². The molecule has 18 heavy (non-hydrogen) atoms. The van der Waals surface area contributed by atoms with Gasteiger partial charge in [-0.15, -0.1) is 0 Å². The summed E-state index contributed by atoms with van der Waals surface area (Å²) in [6.07, 6.45) is 2.65. The van der Waals surface area contributed by atoms with Gasteiger partial charge >= 0.3 is 0 Å². The van der Waals surface area contributed by atoms with Gasteiger partial charge in [-0.3, -0.25) is 4.79 Å². The van der Waals surface area contributed by atoms with Crippen LogP contribution in [0.4, 0.5) is 0 Å². The van der Waals surface area contributed by atoms with Crippen LogP contribution in [0, 0.1) is 5.92 Å². The number of nitrogens with two attached hydrogens (primary N) is 1. The lowest BCUT2D eigenvalue weighted by molar-refractivity contribution is -0.132.